The number of aryl methyl sites for hydroxylation is 2. The van der Waals surface area contributed by atoms with E-state index in [1.54, 1.807) is 0 Å². The van der Waals surface area contributed by atoms with Crippen LogP contribution in [0.25, 0.3) is 0 Å². The average molecular weight is 273 g/mol. The largest absolute Gasteiger partial charge is 0.316 e. The predicted molar refractivity (Wildman–Crippen MR) is 88.2 cm³/mol. The van der Waals surface area contributed by atoms with E-state index in [1.807, 2.05) is 0 Å². The van der Waals surface area contributed by atoms with E-state index in [0.717, 1.165) is 24.3 Å². The summed E-state index contributed by atoms with van der Waals surface area (Å²) >= 11 is 0. The lowest BCUT2D eigenvalue weighted by Crippen LogP contribution is -2.29. The fourth-order valence-electron chi connectivity index (χ4n) is 3.44. The second-order valence-electron chi connectivity index (χ2n) is 7.13. The molecule has 0 saturated heterocycles. The van der Waals surface area contributed by atoms with Crippen molar-refractivity contribution in [3.8, 4) is 0 Å². The van der Waals surface area contributed by atoms with Gasteiger partial charge in [0.25, 0.3) is 0 Å². The lowest BCUT2D eigenvalue weighted by atomic mass is 9.88. The molecule has 2 rings (SSSR count). The monoisotopic (exact) mass is 273 g/mol. The normalized spacial score (nSPS) is 22.6. The van der Waals surface area contributed by atoms with Crippen LogP contribution in [0.3, 0.4) is 0 Å². The molecule has 1 fully saturated rings. The molecule has 0 spiro atoms. The standard InChI is InChI=1S/C19H31N/c1-14(2)12-20-13-19-7-5-6-18(19)11-17-9-8-15(3)16(4)10-17/h8-10,14,18-20H,5-7,11-13H2,1-4H3. The first-order valence-electron chi connectivity index (χ1n) is 8.33. The molecule has 1 aliphatic carbocycles. The van der Waals surface area contributed by atoms with Crippen LogP contribution < -0.4 is 5.32 Å². The molecule has 0 radical (unpaired) electrons. The summed E-state index contributed by atoms with van der Waals surface area (Å²) in [6, 6.07) is 7.01. The Hall–Kier alpha value is -0.820. The van der Waals surface area contributed by atoms with E-state index in [2.05, 4.69) is 51.2 Å². The summed E-state index contributed by atoms with van der Waals surface area (Å²) in [6.45, 7) is 11.4. The number of hydrogen-bond acceptors (Lipinski definition) is 1. The van der Waals surface area contributed by atoms with Gasteiger partial charge in [-0.25, -0.2) is 0 Å². The first kappa shape index (κ1) is 15.6. The van der Waals surface area contributed by atoms with Gasteiger partial charge < -0.3 is 5.32 Å². The van der Waals surface area contributed by atoms with Gasteiger partial charge in [0.15, 0.2) is 0 Å². The van der Waals surface area contributed by atoms with Gasteiger partial charge in [-0.15, -0.1) is 0 Å². The molecule has 1 aromatic carbocycles. The summed E-state index contributed by atoms with van der Waals surface area (Å²) in [5.74, 6) is 2.53. The topological polar surface area (TPSA) is 12.0 Å². The zero-order valence-corrected chi connectivity index (χ0v) is 13.7. The Morgan fingerprint density at radius 2 is 1.85 bits per heavy atom. The van der Waals surface area contributed by atoms with Crippen LogP contribution in [0.1, 0.15) is 49.8 Å². The van der Waals surface area contributed by atoms with Crippen LogP contribution in [-0.2, 0) is 6.42 Å². The minimum Gasteiger partial charge on any atom is -0.316 e. The summed E-state index contributed by atoms with van der Waals surface area (Å²) in [5.41, 5.74) is 4.39. The molecule has 1 N–H and O–H groups in total. The van der Waals surface area contributed by atoms with Gasteiger partial charge in [0.05, 0.1) is 0 Å². The lowest BCUT2D eigenvalue weighted by molar-refractivity contribution is 0.357. The van der Waals surface area contributed by atoms with Crippen molar-refractivity contribution < 1.29 is 0 Å². The Morgan fingerprint density at radius 1 is 1.10 bits per heavy atom. The smallest absolute Gasteiger partial charge is 0.00176 e. The van der Waals surface area contributed by atoms with E-state index in [1.165, 1.54) is 48.9 Å². The summed E-state index contributed by atoms with van der Waals surface area (Å²) in [7, 11) is 0. The first-order chi connectivity index (χ1) is 9.56. The number of benzene rings is 1. The SMILES string of the molecule is Cc1ccc(CC2CCCC2CNCC(C)C)cc1C. The van der Waals surface area contributed by atoms with Gasteiger partial charge in [0.1, 0.15) is 0 Å². The molecule has 1 aromatic rings. The Labute approximate surface area is 125 Å². The Balaban J connectivity index is 1.88. The van der Waals surface area contributed by atoms with E-state index in [-0.39, 0.29) is 0 Å². The third-order valence-electron chi connectivity index (χ3n) is 4.84. The molecule has 0 aliphatic heterocycles. The highest BCUT2D eigenvalue weighted by Gasteiger charge is 2.26. The molecule has 1 aliphatic rings. The van der Waals surface area contributed by atoms with Crippen molar-refractivity contribution >= 4 is 0 Å². The minimum atomic E-state index is 0.759. The highest BCUT2D eigenvalue weighted by Crippen LogP contribution is 2.34. The minimum absolute atomic E-state index is 0.759. The van der Waals surface area contributed by atoms with E-state index in [9.17, 15) is 0 Å². The predicted octanol–water partition coefficient (Wildman–Crippen LogP) is 4.51. The number of nitrogens with one attached hydrogen (secondary N) is 1. The van der Waals surface area contributed by atoms with Crippen LogP contribution in [-0.4, -0.2) is 13.1 Å². The molecule has 1 nitrogen and oxygen atoms in total. The Kier molecular flexibility index (Phi) is 5.65. The number of rotatable bonds is 6. The van der Waals surface area contributed by atoms with Crippen LogP contribution in [0.5, 0.6) is 0 Å². The molecular formula is C19H31N. The van der Waals surface area contributed by atoms with Gasteiger partial charge in [-0.2, -0.15) is 0 Å². The van der Waals surface area contributed by atoms with Crippen molar-refractivity contribution in [2.45, 2.75) is 53.4 Å². The number of hydrogen-bond donors (Lipinski definition) is 1. The van der Waals surface area contributed by atoms with Crippen molar-refractivity contribution in [3.63, 3.8) is 0 Å². The molecule has 0 heterocycles. The van der Waals surface area contributed by atoms with E-state index in [0.29, 0.717) is 0 Å². The van der Waals surface area contributed by atoms with Gasteiger partial charge in [0, 0.05) is 0 Å². The molecule has 0 bridgehead atoms. The van der Waals surface area contributed by atoms with Crippen LogP contribution in [0.4, 0.5) is 0 Å². The van der Waals surface area contributed by atoms with Crippen molar-refractivity contribution in [3.05, 3.63) is 34.9 Å². The maximum absolute atomic E-state index is 3.66. The van der Waals surface area contributed by atoms with Crippen LogP contribution in [0, 0.1) is 31.6 Å². The zero-order chi connectivity index (χ0) is 14.5. The van der Waals surface area contributed by atoms with Gasteiger partial charge >= 0.3 is 0 Å². The first-order valence-corrected chi connectivity index (χ1v) is 8.33. The molecule has 20 heavy (non-hydrogen) atoms. The zero-order valence-electron chi connectivity index (χ0n) is 13.7. The van der Waals surface area contributed by atoms with E-state index in [4.69, 9.17) is 0 Å². The lowest BCUT2D eigenvalue weighted by Gasteiger charge is -2.21. The summed E-state index contributed by atoms with van der Waals surface area (Å²) in [6.07, 6.45) is 5.53. The van der Waals surface area contributed by atoms with Crippen molar-refractivity contribution in [2.75, 3.05) is 13.1 Å². The Morgan fingerprint density at radius 3 is 2.55 bits per heavy atom. The third kappa shape index (κ3) is 4.34. The highest BCUT2D eigenvalue weighted by molar-refractivity contribution is 5.30. The van der Waals surface area contributed by atoms with Gasteiger partial charge in [0.2, 0.25) is 0 Å². The fourth-order valence-corrected chi connectivity index (χ4v) is 3.44. The fraction of sp³-hybridized carbons (Fsp3) is 0.684. The highest BCUT2D eigenvalue weighted by atomic mass is 14.9. The molecule has 2 atom stereocenters. The second-order valence-corrected chi connectivity index (χ2v) is 7.13. The van der Waals surface area contributed by atoms with Gasteiger partial charge in [-0.3, -0.25) is 0 Å². The van der Waals surface area contributed by atoms with Gasteiger partial charge in [-0.05, 0) is 80.6 Å². The van der Waals surface area contributed by atoms with Crippen molar-refractivity contribution in [1.29, 1.82) is 0 Å². The molecule has 1 heteroatoms. The van der Waals surface area contributed by atoms with Crippen LogP contribution in [0.2, 0.25) is 0 Å². The Bertz CT molecular complexity index is 422. The molecule has 0 aromatic heterocycles. The molecule has 1 saturated carbocycles. The molecule has 0 amide bonds. The average Bonchev–Trinajstić information content (AvgIpc) is 2.81. The quantitative estimate of drug-likeness (QED) is 0.804. The second kappa shape index (κ2) is 7.26. The molecule has 112 valence electrons. The van der Waals surface area contributed by atoms with E-state index >= 15 is 0 Å². The summed E-state index contributed by atoms with van der Waals surface area (Å²) in [4.78, 5) is 0. The van der Waals surface area contributed by atoms with Crippen molar-refractivity contribution in [2.24, 2.45) is 17.8 Å². The summed E-state index contributed by atoms with van der Waals surface area (Å²) < 4.78 is 0. The van der Waals surface area contributed by atoms with Crippen LogP contribution in [0.15, 0.2) is 18.2 Å². The van der Waals surface area contributed by atoms with Crippen molar-refractivity contribution in [1.82, 2.24) is 5.32 Å². The molecular weight excluding hydrogens is 242 g/mol. The van der Waals surface area contributed by atoms with Gasteiger partial charge in [-0.1, -0.05) is 38.5 Å². The summed E-state index contributed by atoms with van der Waals surface area (Å²) in [5, 5.41) is 3.66. The van der Waals surface area contributed by atoms with Crippen LogP contribution >= 0.6 is 0 Å². The maximum atomic E-state index is 3.66. The molecule has 2 unspecified atom stereocenters. The maximum Gasteiger partial charge on any atom is -0.00176 e. The third-order valence-corrected chi connectivity index (χ3v) is 4.84. The van der Waals surface area contributed by atoms with E-state index < -0.39 is 0 Å².